The predicted molar refractivity (Wildman–Crippen MR) is 77.8 cm³/mol. The fourth-order valence-electron chi connectivity index (χ4n) is 2.26. The maximum absolute atomic E-state index is 11.9. The molecule has 1 aliphatic heterocycles. The second-order valence-electron chi connectivity index (χ2n) is 5.35. The Kier molecular flexibility index (Phi) is 5.16. The Bertz CT molecular complexity index is 541. The van der Waals surface area contributed by atoms with E-state index in [0.29, 0.717) is 6.54 Å². The van der Waals surface area contributed by atoms with Crippen LogP contribution in [0.2, 0.25) is 0 Å². The van der Waals surface area contributed by atoms with E-state index < -0.39 is 12.1 Å². The minimum Gasteiger partial charge on any atom is -0.468 e. The Morgan fingerprint density at radius 1 is 1.45 bits per heavy atom. The molecule has 8 nitrogen and oxygen atoms in total. The normalized spacial score (nSPS) is 19.0. The lowest BCUT2D eigenvalue weighted by molar-refractivity contribution is -0.122. The summed E-state index contributed by atoms with van der Waals surface area (Å²) in [7, 11) is 3.80. The van der Waals surface area contributed by atoms with Gasteiger partial charge in [-0.15, -0.1) is 0 Å². The van der Waals surface area contributed by atoms with Crippen LogP contribution in [0.25, 0.3) is 0 Å². The van der Waals surface area contributed by atoms with Crippen LogP contribution in [0.15, 0.2) is 22.8 Å². The first-order chi connectivity index (χ1) is 10.5. The molecule has 0 aromatic carbocycles. The summed E-state index contributed by atoms with van der Waals surface area (Å²) in [6, 6.07) is 2.45. The molecule has 4 amide bonds. The van der Waals surface area contributed by atoms with E-state index in [1.165, 1.54) is 0 Å². The maximum atomic E-state index is 11.9. The van der Waals surface area contributed by atoms with E-state index >= 15 is 0 Å². The van der Waals surface area contributed by atoms with Gasteiger partial charge in [0, 0.05) is 13.0 Å². The number of nitrogens with zero attached hydrogens (tertiary/aromatic N) is 1. The van der Waals surface area contributed by atoms with Crippen LogP contribution in [0.3, 0.4) is 0 Å². The van der Waals surface area contributed by atoms with Crippen LogP contribution >= 0.6 is 0 Å². The van der Waals surface area contributed by atoms with Crippen LogP contribution < -0.4 is 16.0 Å². The Morgan fingerprint density at radius 2 is 2.23 bits per heavy atom. The van der Waals surface area contributed by atoms with Gasteiger partial charge >= 0.3 is 6.03 Å². The Hall–Kier alpha value is -2.35. The summed E-state index contributed by atoms with van der Waals surface area (Å²) in [6.07, 6.45) is 2.03. The first-order valence-corrected chi connectivity index (χ1v) is 7.05. The highest BCUT2D eigenvalue weighted by atomic mass is 16.3. The van der Waals surface area contributed by atoms with Crippen LogP contribution in [0.5, 0.6) is 0 Å². The zero-order valence-electron chi connectivity index (χ0n) is 12.6. The summed E-state index contributed by atoms with van der Waals surface area (Å²) in [5.41, 5.74) is 0. The number of hydrogen-bond donors (Lipinski definition) is 3. The van der Waals surface area contributed by atoms with Crippen molar-refractivity contribution >= 4 is 17.8 Å². The number of hydrogen-bond acceptors (Lipinski definition) is 5. The smallest absolute Gasteiger partial charge is 0.322 e. The van der Waals surface area contributed by atoms with Crippen LogP contribution in [-0.4, -0.2) is 49.4 Å². The second kappa shape index (κ2) is 7.08. The molecule has 1 aliphatic rings. The minimum atomic E-state index is -0.632. The number of amides is 4. The summed E-state index contributed by atoms with van der Waals surface area (Å²) in [4.78, 5) is 36.2. The van der Waals surface area contributed by atoms with Gasteiger partial charge in [0.2, 0.25) is 5.91 Å². The van der Waals surface area contributed by atoms with E-state index in [1.54, 1.807) is 12.3 Å². The molecular formula is C14H20N4O4. The zero-order valence-corrected chi connectivity index (χ0v) is 12.6. The average molecular weight is 308 g/mol. The van der Waals surface area contributed by atoms with E-state index in [0.717, 1.165) is 5.76 Å². The Balaban J connectivity index is 1.77. The summed E-state index contributed by atoms with van der Waals surface area (Å²) in [5, 5.41) is 7.41. The third-order valence-electron chi connectivity index (χ3n) is 3.51. The van der Waals surface area contributed by atoms with Crippen LogP contribution in [-0.2, 0) is 9.59 Å². The highest BCUT2D eigenvalue weighted by Crippen LogP contribution is 2.17. The zero-order chi connectivity index (χ0) is 16.1. The molecule has 0 spiro atoms. The van der Waals surface area contributed by atoms with Crippen LogP contribution in [0, 0.1) is 0 Å². The van der Waals surface area contributed by atoms with E-state index in [9.17, 15) is 14.4 Å². The molecule has 8 heteroatoms. The molecule has 2 rings (SSSR count). The Labute approximate surface area is 128 Å². The molecule has 1 aromatic rings. The molecule has 3 N–H and O–H groups in total. The molecule has 0 unspecified atom stereocenters. The predicted octanol–water partition coefficient (Wildman–Crippen LogP) is -0.0133. The number of carbonyl (C=O) groups excluding carboxylic acids is 3. The number of likely N-dealkylation sites (N-methyl/N-ethyl adjacent to an activating group) is 1. The molecule has 0 aliphatic carbocycles. The topological polar surface area (TPSA) is 104 Å². The molecular weight excluding hydrogens is 288 g/mol. The summed E-state index contributed by atoms with van der Waals surface area (Å²) >= 11 is 0. The van der Waals surface area contributed by atoms with Crippen molar-refractivity contribution < 1.29 is 18.8 Å². The van der Waals surface area contributed by atoms with Gasteiger partial charge in [0.25, 0.3) is 5.91 Å². The highest BCUT2D eigenvalue weighted by molar-refractivity contribution is 6.04. The number of furan rings is 1. The molecule has 120 valence electrons. The van der Waals surface area contributed by atoms with Crippen molar-refractivity contribution in [3.8, 4) is 0 Å². The quantitative estimate of drug-likeness (QED) is 0.615. The molecule has 2 atom stereocenters. The lowest BCUT2D eigenvalue weighted by atomic mass is 10.1. The average Bonchev–Trinajstić information content (AvgIpc) is 3.06. The van der Waals surface area contributed by atoms with Gasteiger partial charge in [0.1, 0.15) is 11.8 Å². The van der Waals surface area contributed by atoms with Gasteiger partial charge in [-0.1, -0.05) is 0 Å². The van der Waals surface area contributed by atoms with Crippen LogP contribution in [0.4, 0.5) is 4.79 Å². The number of nitrogens with one attached hydrogen (secondary N) is 3. The number of rotatable bonds is 7. The van der Waals surface area contributed by atoms with Crippen LogP contribution in [0.1, 0.15) is 24.6 Å². The largest absolute Gasteiger partial charge is 0.468 e. The van der Waals surface area contributed by atoms with Crippen molar-refractivity contribution in [2.75, 3.05) is 20.6 Å². The monoisotopic (exact) mass is 308 g/mol. The second-order valence-corrected chi connectivity index (χ2v) is 5.35. The standard InChI is InChI=1S/C14H20N4O4/c1-18(2)10(11-4-3-7-22-11)8-15-12(19)6-5-9-13(20)17-14(21)16-9/h3-4,7,9-10H,5-6,8H2,1-2H3,(H,15,19)(H2,16,17,20,21)/t9-,10+/m1/s1. The van der Waals surface area contributed by atoms with Crippen molar-refractivity contribution in [1.29, 1.82) is 0 Å². The van der Waals surface area contributed by atoms with E-state index in [1.807, 2.05) is 25.1 Å². The van der Waals surface area contributed by atoms with Crippen molar-refractivity contribution in [3.05, 3.63) is 24.2 Å². The first-order valence-electron chi connectivity index (χ1n) is 7.05. The van der Waals surface area contributed by atoms with E-state index in [4.69, 9.17) is 4.42 Å². The van der Waals surface area contributed by atoms with Gasteiger partial charge in [-0.3, -0.25) is 19.8 Å². The van der Waals surface area contributed by atoms with Gasteiger partial charge in [0.15, 0.2) is 0 Å². The lowest BCUT2D eigenvalue weighted by Crippen LogP contribution is -2.36. The molecule has 0 saturated carbocycles. The molecule has 22 heavy (non-hydrogen) atoms. The van der Waals surface area contributed by atoms with Crippen molar-refractivity contribution in [2.24, 2.45) is 0 Å². The molecule has 2 heterocycles. The summed E-state index contributed by atoms with van der Waals surface area (Å²) in [5.74, 6) is 0.208. The van der Waals surface area contributed by atoms with Gasteiger partial charge in [-0.25, -0.2) is 4.79 Å². The fraction of sp³-hybridized carbons (Fsp3) is 0.500. The van der Waals surface area contributed by atoms with Gasteiger partial charge in [-0.2, -0.15) is 0 Å². The number of urea groups is 1. The highest BCUT2D eigenvalue weighted by Gasteiger charge is 2.29. The molecule has 1 aromatic heterocycles. The van der Waals surface area contributed by atoms with Gasteiger partial charge in [0.05, 0.1) is 12.3 Å². The maximum Gasteiger partial charge on any atom is 0.322 e. The SMILES string of the molecule is CN(C)[C@@H](CNC(=O)CC[C@H]1NC(=O)NC1=O)c1ccco1. The molecule has 0 radical (unpaired) electrons. The Morgan fingerprint density at radius 3 is 2.77 bits per heavy atom. The van der Waals surface area contributed by atoms with E-state index in [-0.39, 0.29) is 30.7 Å². The lowest BCUT2D eigenvalue weighted by Gasteiger charge is -2.22. The van der Waals surface area contributed by atoms with Crippen molar-refractivity contribution in [1.82, 2.24) is 20.9 Å². The minimum absolute atomic E-state index is 0.0616. The van der Waals surface area contributed by atoms with Gasteiger partial charge in [-0.05, 0) is 32.6 Å². The number of imide groups is 1. The molecule has 0 bridgehead atoms. The first kappa shape index (κ1) is 16.0. The van der Waals surface area contributed by atoms with Gasteiger partial charge < -0.3 is 15.1 Å². The fourth-order valence-corrected chi connectivity index (χ4v) is 2.26. The van der Waals surface area contributed by atoms with E-state index in [2.05, 4.69) is 16.0 Å². The molecule has 1 fully saturated rings. The number of carbonyl (C=O) groups is 3. The summed E-state index contributed by atoms with van der Waals surface area (Å²) in [6.45, 7) is 0.405. The van der Waals surface area contributed by atoms with Crippen molar-refractivity contribution in [2.45, 2.75) is 24.9 Å². The third kappa shape index (κ3) is 4.08. The molecule has 1 saturated heterocycles. The van der Waals surface area contributed by atoms with Crippen molar-refractivity contribution in [3.63, 3.8) is 0 Å². The third-order valence-corrected chi connectivity index (χ3v) is 3.51. The summed E-state index contributed by atoms with van der Waals surface area (Å²) < 4.78 is 5.36.